The van der Waals surface area contributed by atoms with Gasteiger partial charge < -0.3 is 185 Å². The smallest absolute Gasteiger partial charge is 0.343 e. The molecule has 2 heterocycles. The van der Waals surface area contributed by atoms with Crippen LogP contribution >= 0.6 is 0 Å². The molecule has 1 aliphatic carbocycles. The summed E-state index contributed by atoms with van der Waals surface area (Å²) in [5.41, 5.74) is -2.25. The molecule has 47 heteroatoms. The van der Waals surface area contributed by atoms with E-state index in [0.29, 0.717) is 127 Å². The summed E-state index contributed by atoms with van der Waals surface area (Å²) in [5, 5.41) is 261. The summed E-state index contributed by atoms with van der Waals surface area (Å²) in [6.07, 6.45) is -13.9. The minimum atomic E-state index is -3.12. The Morgan fingerprint density at radius 3 is 0.852 bits per heavy atom. The highest BCUT2D eigenvalue weighted by Gasteiger charge is 2.56. The standard InChI is InChI=1S/C76H52O46.C19H19N/c77-32-1-22(2-33(78)53(32)92)67(103)113-47-16-27(11-42(87)58(47)97)66(102)112-21-52-63(119-72(108)28-12-43(88)59(98)48(17-28)114-68(104)23-3-34(79)54(93)35(80)4-23)64(120-73(109)29-13-44(89)60(99)49(18-29)115-69(105)24-5-36(81)55(94)37(82)6-24)65(121-74(110)30-14-45(90)61(100)50(19-30)116-70(106)25-7-38(83)56(95)39(84)8-25)76(118-52)122-75(111)31-15-46(91)62(101)51(20-31)117-71(107)26-9-40(85)57(96)41(86)10-26;1-20-12-11-16-15-9-5-6-10-17(15)19(18(16)13-20)14-7-3-2-4-8-14/h1-20,52,63-65,76-101H,21H2;2-10,19H,11-13H2,1H3/t52-,63-,64+,65-,76+;/m1./s1. The monoisotopic (exact) mass is 1960 g/mol. The molecule has 2 aliphatic heterocycles. The number of carbonyl (C=O) groups excluding carboxylic acids is 10. The second kappa shape index (κ2) is 39.5. The van der Waals surface area contributed by atoms with E-state index in [4.69, 9.17) is 52.1 Å². The molecule has 0 amide bonds. The highest BCUT2D eigenvalue weighted by Crippen LogP contribution is 2.52. The molecule has 6 atom stereocenters. The summed E-state index contributed by atoms with van der Waals surface area (Å²) >= 11 is 0. The first kappa shape index (κ1) is 98.0. The van der Waals surface area contributed by atoms with E-state index in [1.165, 1.54) is 29.7 Å². The average molecular weight is 1960 g/mol. The van der Waals surface area contributed by atoms with E-state index >= 15 is 14.4 Å². The zero-order valence-corrected chi connectivity index (χ0v) is 71.7. The molecule has 0 radical (unpaired) electrons. The third-order valence-electron chi connectivity index (χ3n) is 21.6. The minimum Gasteiger partial charge on any atom is -0.504 e. The van der Waals surface area contributed by atoms with Gasteiger partial charge in [0.2, 0.25) is 41.1 Å². The Hall–Kier alpha value is -20.0. The summed E-state index contributed by atoms with van der Waals surface area (Å²) in [7, 11) is 2.23. The van der Waals surface area contributed by atoms with Gasteiger partial charge in [-0.15, -0.1) is 0 Å². The largest absolute Gasteiger partial charge is 0.504 e. The van der Waals surface area contributed by atoms with Gasteiger partial charge in [0.1, 0.15) is 12.7 Å². The van der Waals surface area contributed by atoms with Gasteiger partial charge in [-0.25, -0.2) is 47.9 Å². The topological polar surface area (TPSA) is 781 Å². The number of fused-ring (bicyclic) bond motifs is 2. The van der Waals surface area contributed by atoms with Gasteiger partial charge >= 0.3 is 59.7 Å². The van der Waals surface area contributed by atoms with Gasteiger partial charge in [0.25, 0.3) is 0 Å². The lowest BCUT2D eigenvalue weighted by Gasteiger charge is -2.43. The number of aromatic hydroxyl groups is 25. The van der Waals surface area contributed by atoms with Crippen molar-refractivity contribution in [2.45, 2.75) is 43.0 Å². The molecule has 0 spiro atoms. The van der Waals surface area contributed by atoms with Crippen LogP contribution in [-0.2, 0) is 28.4 Å². The number of benzene rings is 12. The second-order valence-corrected chi connectivity index (χ2v) is 31.1. The number of rotatable bonds is 22. The zero-order chi connectivity index (χ0) is 103. The number of ether oxygens (including phenoxy) is 11. The van der Waals surface area contributed by atoms with Crippen molar-refractivity contribution in [2.24, 2.45) is 0 Å². The first-order chi connectivity index (χ1) is 67.2. The van der Waals surface area contributed by atoms with Gasteiger partial charge in [-0.2, -0.15) is 0 Å². The van der Waals surface area contributed by atoms with Gasteiger partial charge in [0, 0.05) is 19.0 Å². The number of phenols is 25. The number of phenolic OH excluding ortho intramolecular Hbond substituents is 25. The van der Waals surface area contributed by atoms with Crippen molar-refractivity contribution in [3.8, 4) is 172 Å². The van der Waals surface area contributed by atoms with Crippen LogP contribution in [0.2, 0.25) is 0 Å². The SMILES string of the molecule is CN1CCC2=C(C1)C(c1ccccc1)c1ccccc12.O=C(OC[C@H]1O[C@@H](OC(=O)c2cc(O)c(O)c(OC(=O)c3cc(O)c(O)c(O)c3)c2)[C@H](OC(=O)c2cc(O)c(O)c(OC(=O)c3cc(O)c(O)c(O)c3)c2)[C@@H](OC(=O)c2cc(O)c(O)c(OC(=O)c3cc(O)c(O)c(O)c3)c2)[C@@H]1OC(=O)c1cc(O)c(O)c(OC(=O)c2cc(O)c(O)c(O)c2)c1)c1cc(O)c(O)c(OC(=O)c2cc(O)c(O)c(O)c2)c1. The molecule has 732 valence electrons. The van der Waals surface area contributed by atoms with E-state index in [-0.39, 0.29) is 0 Å². The van der Waals surface area contributed by atoms with Gasteiger partial charge in [-0.3, -0.25) is 0 Å². The maximum atomic E-state index is 15.3. The highest BCUT2D eigenvalue weighted by atomic mass is 16.8. The third kappa shape index (κ3) is 20.3. The maximum Gasteiger partial charge on any atom is 0.343 e. The minimum absolute atomic E-state index is 0.295. The Morgan fingerprint density at radius 2 is 0.542 bits per heavy atom. The molecule has 1 saturated heterocycles. The molecule has 15 rings (SSSR count). The molecule has 25 N–H and O–H groups in total. The number of esters is 10. The molecule has 142 heavy (non-hydrogen) atoms. The van der Waals surface area contributed by atoms with Crippen LogP contribution in [0.3, 0.4) is 0 Å². The predicted octanol–water partition coefficient (Wildman–Crippen LogP) is 8.76. The van der Waals surface area contributed by atoms with E-state index in [2.05, 4.69) is 66.5 Å². The van der Waals surface area contributed by atoms with E-state index in [9.17, 15) is 161 Å². The number of hydrogen-bond acceptors (Lipinski definition) is 47. The molecule has 47 nitrogen and oxygen atoms in total. The average Bonchev–Trinajstić information content (AvgIpc) is 1.36. The van der Waals surface area contributed by atoms with Crippen LogP contribution in [0.25, 0.3) is 5.57 Å². The third-order valence-corrected chi connectivity index (χ3v) is 21.6. The molecule has 1 unspecified atom stereocenters. The van der Waals surface area contributed by atoms with Gasteiger partial charge in [-0.1, -0.05) is 54.6 Å². The lowest BCUT2D eigenvalue weighted by atomic mass is 9.87. The van der Waals surface area contributed by atoms with E-state index < -0.39 is 325 Å². The van der Waals surface area contributed by atoms with Crippen LogP contribution in [-0.4, -0.2) is 250 Å². The molecular weight excluding hydrogens is 1890 g/mol. The normalized spacial score (nSPS) is 15.6. The summed E-state index contributed by atoms with van der Waals surface area (Å²) in [6.45, 7) is 0.568. The van der Waals surface area contributed by atoms with Crippen LogP contribution < -0.4 is 23.7 Å². The molecule has 12 aromatic carbocycles. The molecule has 0 bridgehead atoms. The van der Waals surface area contributed by atoms with E-state index in [1.54, 1.807) is 11.1 Å². The second-order valence-electron chi connectivity index (χ2n) is 31.1. The van der Waals surface area contributed by atoms with E-state index in [0.717, 1.165) is 6.54 Å². The fourth-order valence-corrected chi connectivity index (χ4v) is 14.6. The van der Waals surface area contributed by atoms with Crippen LogP contribution in [0.4, 0.5) is 0 Å². The first-order valence-corrected chi connectivity index (χ1v) is 40.6. The van der Waals surface area contributed by atoms with Crippen molar-refractivity contribution in [1.29, 1.82) is 0 Å². The first-order valence-electron chi connectivity index (χ1n) is 40.6. The summed E-state index contributed by atoms with van der Waals surface area (Å²) in [4.78, 5) is 145. The highest BCUT2D eigenvalue weighted by molar-refractivity contribution is 6.01. The van der Waals surface area contributed by atoms with Crippen molar-refractivity contribution in [2.75, 3.05) is 26.7 Å². The summed E-state index contributed by atoms with van der Waals surface area (Å²) in [5.74, 6) is -55.5. The fourth-order valence-electron chi connectivity index (χ4n) is 14.6. The molecule has 1 fully saturated rings. The molecule has 3 aliphatic rings. The molecule has 12 aromatic rings. The van der Waals surface area contributed by atoms with Crippen LogP contribution in [0, 0.1) is 0 Å². The van der Waals surface area contributed by atoms with Gasteiger partial charge in [0.05, 0.1) is 55.6 Å². The Balaban J connectivity index is 0.000000701. The van der Waals surface area contributed by atoms with Crippen LogP contribution in [0.5, 0.6) is 172 Å². The van der Waals surface area contributed by atoms with Crippen molar-refractivity contribution in [3.63, 3.8) is 0 Å². The Kier molecular flexibility index (Phi) is 27.3. The summed E-state index contributed by atoms with van der Waals surface area (Å²) in [6, 6.07) is 28.5. The fraction of sp³-hybridized carbons (Fsp3) is 0.116. The summed E-state index contributed by atoms with van der Waals surface area (Å²) < 4.78 is 60.4. The predicted molar refractivity (Wildman–Crippen MR) is 467 cm³/mol. The molecule has 0 saturated carbocycles. The van der Waals surface area contributed by atoms with Gasteiger partial charge in [-0.05, 0) is 163 Å². The Morgan fingerprint density at radius 1 is 0.289 bits per heavy atom. The maximum absolute atomic E-state index is 15.3. The van der Waals surface area contributed by atoms with Crippen molar-refractivity contribution in [3.05, 3.63) is 254 Å². The Bertz CT molecular complexity index is 7150. The number of carbonyl (C=O) groups is 10. The van der Waals surface area contributed by atoms with Crippen LogP contribution in [0.15, 0.2) is 181 Å². The quantitative estimate of drug-likeness (QED) is 0.0130. The molecule has 0 aromatic heterocycles. The number of likely N-dealkylation sites (N-methyl/N-ethyl adjacent to an activating group) is 1. The number of hydrogen-bond donors (Lipinski definition) is 25. The van der Waals surface area contributed by atoms with Crippen molar-refractivity contribution >= 4 is 65.3 Å². The lowest BCUT2D eigenvalue weighted by Crippen LogP contribution is -2.63. The number of nitrogens with zero attached hydrogens (tertiary/aromatic N) is 1. The zero-order valence-electron chi connectivity index (χ0n) is 71.7. The Labute approximate surface area is 790 Å². The van der Waals surface area contributed by atoms with E-state index in [1.807, 2.05) is 0 Å². The molecular formula is C95H71NO46. The van der Waals surface area contributed by atoms with Crippen molar-refractivity contribution in [1.82, 2.24) is 4.90 Å². The lowest BCUT2D eigenvalue weighted by molar-refractivity contribution is -0.282. The van der Waals surface area contributed by atoms with Crippen molar-refractivity contribution < 1.29 is 228 Å². The van der Waals surface area contributed by atoms with Crippen LogP contribution in [0.1, 0.15) is 133 Å². The van der Waals surface area contributed by atoms with Gasteiger partial charge in [0.15, 0.2) is 156 Å².